The van der Waals surface area contributed by atoms with Crippen LogP contribution >= 0.6 is 0 Å². The normalized spacial score (nSPS) is 41.8. The smallest absolute Gasteiger partial charge is 0.0621 e. The fourth-order valence-corrected chi connectivity index (χ4v) is 2.34. The van der Waals surface area contributed by atoms with E-state index in [0.29, 0.717) is 12.1 Å². The third kappa shape index (κ3) is 1.81. The molecule has 0 spiro atoms. The molecule has 2 unspecified atom stereocenters. The van der Waals surface area contributed by atoms with Gasteiger partial charge in [0.2, 0.25) is 0 Å². The van der Waals surface area contributed by atoms with E-state index < -0.39 is 0 Å². The zero-order valence-electron chi connectivity index (χ0n) is 9.12. The topological polar surface area (TPSA) is 41.5 Å². The van der Waals surface area contributed by atoms with Gasteiger partial charge in [-0.1, -0.05) is 13.8 Å². The minimum Gasteiger partial charge on any atom is -0.392 e. The molecule has 0 amide bonds. The van der Waals surface area contributed by atoms with Crippen molar-refractivity contribution in [3.63, 3.8) is 0 Å². The van der Waals surface area contributed by atoms with Gasteiger partial charge >= 0.3 is 0 Å². The van der Waals surface area contributed by atoms with Crippen molar-refractivity contribution in [2.45, 2.75) is 51.3 Å². The number of nitrogens with one attached hydrogen (secondary N) is 1. The lowest BCUT2D eigenvalue weighted by Crippen LogP contribution is -2.62. The van der Waals surface area contributed by atoms with Crippen LogP contribution < -0.4 is 5.32 Å². The lowest BCUT2D eigenvalue weighted by molar-refractivity contribution is -0.0816. The van der Waals surface area contributed by atoms with Gasteiger partial charge in [-0.3, -0.25) is 0 Å². The standard InChI is InChI=1S/C11H21NO2/c1-11(2)9(6-10(11)13)12-8-4-3-5-14-7-8/h8-10,12-13H,3-7H2,1-2H3/t8-,9?,10?/m0/s1. The van der Waals surface area contributed by atoms with Crippen LogP contribution in [0.1, 0.15) is 33.1 Å². The van der Waals surface area contributed by atoms with Gasteiger partial charge < -0.3 is 15.2 Å². The maximum Gasteiger partial charge on any atom is 0.0621 e. The summed E-state index contributed by atoms with van der Waals surface area (Å²) in [5.41, 5.74) is 0.0391. The van der Waals surface area contributed by atoms with E-state index in [-0.39, 0.29) is 11.5 Å². The molecule has 1 heterocycles. The van der Waals surface area contributed by atoms with Crippen LogP contribution in [0.25, 0.3) is 0 Å². The van der Waals surface area contributed by atoms with Crippen LogP contribution in [-0.4, -0.2) is 36.5 Å². The van der Waals surface area contributed by atoms with Crippen molar-refractivity contribution in [1.29, 1.82) is 0 Å². The molecule has 82 valence electrons. The first kappa shape index (κ1) is 10.4. The van der Waals surface area contributed by atoms with Gasteiger partial charge in [0.1, 0.15) is 0 Å². The lowest BCUT2D eigenvalue weighted by Gasteiger charge is -2.51. The summed E-state index contributed by atoms with van der Waals surface area (Å²) >= 11 is 0. The van der Waals surface area contributed by atoms with E-state index in [1.165, 1.54) is 6.42 Å². The van der Waals surface area contributed by atoms with E-state index in [1.807, 2.05) is 0 Å². The molecular formula is C11H21NO2. The average molecular weight is 199 g/mol. The maximum absolute atomic E-state index is 9.60. The summed E-state index contributed by atoms with van der Waals surface area (Å²) < 4.78 is 5.42. The van der Waals surface area contributed by atoms with E-state index in [0.717, 1.165) is 26.1 Å². The highest BCUT2D eigenvalue weighted by Crippen LogP contribution is 2.40. The van der Waals surface area contributed by atoms with E-state index >= 15 is 0 Å². The van der Waals surface area contributed by atoms with Crippen molar-refractivity contribution in [3.8, 4) is 0 Å². The zero-order chi connectivity index (χ0) is 10.2. The molecule has 3 atom stereocenters. The molecule has 0 bridgehead atoms. The molecule has 1 aliphatic carbocycles. The van der Waals surface area contributed by atoms with Crippen LogP contribution in [0, 0.1) is 5.41 Å². The Morgan fingerprint density at radius 2 is 2.21 bits per heavy atom. The Balaban J connectivity index is 1.80. The summed E-state index contributed by atoms with van der Waals surface area (Å²) in [6, 6.07) is 0.963. The Labute approximate surface area is 85.8 Å². The fraction of sp³-hybridized carbons (Fsp3) is 1.00. The lowest BCUT2D eigenvalue weighted by atomic mass is 9.64. The second-order valence-electron chi connectivity index (χ2n) is 5.21. The maximum atomic E-state index is 9.60. The number of aliphatic hydroxyl groups excluding tert-OH is 1. The molecule has 1 saturated heterocycles. The van der Waals surface area contributed by atoms with Gasteiger partial charge in [-0.05, 0) is 19.3 Å². The van der Waals surface area contributed by atoms with Crippen molar-refractivity contribution in [2.75, 3.05) is 13.2 Å². The number of aliphatic hydroxyl groups is 1. The molecule has 2 fully saturated rings. The summed E-state index contributed by atoms with van der Waals surface area (Å²) in [6.07, 6.45) is 3.13. The minimum atomic E-state index is -0.135. The predicted molar refractivity (Wildman–Crippen MR) is 55.2 cm³/mol. The molecular weight excluding hydrogens is 178 g/mol. The van der Waals surface area contributed by atoms with Crippen LogP contribution in [0.15, 0.2) is 0 Å². The Kier molecular flexibility index (Phi) is 2.82. The van der Waals surface area contributed by atoms with Crippen LogP contribution in [0.3, 0.4) is 0 Å². The summed E-state index contributed by atoms with van der Waals surface area (Å²) in [7, 11) is 0. The molecule has 0 aromatic carbocycles. The number of ether oxygens (including phenoxy) is 1. The Hall–Kier alpha value is -0.120. The van der Waals surface area contributed by atoms with Gasteiger partial charge in [-0.2, -0.15) is 0 Å². The first-order valence-corrected chi connectivity index (χ1v) is 5.62. The monoisotopic (exact) mass is 199 g/mol. The van der Waals surface area contributed by atoms with Gasteiger partial charge in [0.05, 0.1) is 12.7 Å². The van der Waals surface area contributed by atoms with Crippen LogP contribution in [0.5, 0.6) is 0 Å². The molecule has 2 rings (SSSR count). The van der Waals surface area contributed by atoms with Crippen molar-refractivity contribution in [3.05, 3.63) is 0 Å². The second-order valence-corrected chi connectivity index (χ2v) is 5.21. The van der Waals surface area contributed by atoms with Gasteiger partial charge in [-0.15, -0.1) is 0 Å². The third-order valence-electron chi connectivity index (χ3n) is 3.81. The van der Waals surface area contributed by atoms with Gasteiger partial charge in [0.25, 0.3) is 0 Å². The summed E-state index contributed by atoms with van der Waals surface area (Å²) in [4.78, 5) is 0. The highest BCUT2D eigenvalue weighted by Gasteiger charge is 2.47. The van der Waals surface area contributed by atoms with Crippen LogP contribution in [-0.2, 0) is 4.74 Å². The SMILES string of the molecule is CC1(C)C(O)CC1N[C@H]1CCCOC1. The van der Waals surface area contributed by atoms with E-state index in [9.17, 15) is 5.11 Å². The number of hydrogen-bond acceptors (Lipinski definition) is 3. The Morgan fingerprint density at radius 3 is 2.71 bits per heavy atom. The first-order chi connectivity index (χ1) is 6.60. The van der Waals surface area contributed by atoms with Gasteiger partial charge in [0.15, 0.2) is 0 Å². The molecule has 0 aromatic rings. The Morgan fingerprint density at radius 1 is 1.43 bits per heavy atom. The predicted octanol–water partition coefficient (Wildman–Crippen LogP) is 0.914. The molecule has 0 aromatic heterocycles. The van der Waals surface area contributed by atoms with E-state index in [4.69, 9.17) is 4.74 Å². The average Bonchev–Trinajstić information content (AvgIpc) is 2.19. The molecule has 2 N–H and O–H groups in total. The molecule has 1 saturated carbocycles. The zero-order valence-corrected chi connectivity index (χ0v) is 9.12. The minimum absolute atomic E-state index is 0.0391. The van der Waals surface area contributed by atoms with Crippen molar-refractivity contribution < 1.29 is 9.84 Å². The van der Waals surface area contributed by atoms with Crippen molar-refractivity contribution in [2.24, 2.45) is 5.41 Å². The number of hydrogen-bond donors (Lipinski definition) is 2. The highest BCUT2D eigenvalue weighted by atomic mass is 16.5. The summed E-state index contributed by atoms with van der Waals surface area (Å²) in [5.74, 6) is 0. The first-order valence-electron chi connectivity index (χ1n) is 5.62. The van der Waals surface area contributed by atoms with Gasteiger partial charge in [0, 0.05) is 24.1 Å². The van der Waals surface area contributed by atoms with Crippen molar-refractivity contribution in [1.82, 2.24) is 5.32 Å². The molecule has 2 aliphatic rings. The molecule has 3 heteroatoms. The molecule has 3 nitrogen and oxygen atoms in total. The van der Waals surface area contributed by atoms with E-state index in [2.05, 4.69) is 19.2 Å². The third-order valence-corrected chi connectivity index (χ3v) is 3.81. The van der Waals surface area contributed by atoms with Crippen molar-refractivity contribution >= 4 is 0 Å². The van der Waals surface area contributed by atoms with E-state index in [1.54, 1.807) is 0 Å². The van der Waals surface area contributed by atoms with Crippen LogP contribution in [0.4, 0.5) is 0 Å². The largest absolute Gasteiger partial charge is 0.392 e. The molecule has 1 aliphatic heterocycles. The van der Waals surface area contributed by atoms with Gasteiger partial charge in [-0.25, -0.2) is 0 Å². The fourth-order valence-electron chi connectivity index (χ4n) is 2.34. The van der Waals surface area contributed by atoms with Crippen LogP contribution in [0.2, 0.25) is 0 Å². The number of rotatable bonds is 2. The summed E-state index contributed by atoms with van der Waals surface area (Å²) in [6.45, 7) is 6.00. The highest BCUT2D eigenvalue weighted by molar-refractivity contribution is 5.02. The Bertz CT molecular complexity index is 199. The second kappa shape index (κ2) is 3.80. The summed E-state index contributed by atoms with van der Waals surface area (Å²) in [5, 5.41) is 13.2. The molecule has 0 radical (unpaired) electrons. The molecule has 14 heavy (non-hydrogen) atoms. The quantitative estimate of drug-likeness (QED) is 0.694.